The summed E-state index contributed by atoms with van der Waals surface area (Å²) < 4.78 is 9.36. The van der Waals surface area contributed by atoms with E-state index in [4.69, 9.17) is 16.3 Å². The lowest BCUT2D eigenvalue weighted by Crippen LogP contribution is -2.13. The van der Waals surface area contributed by atoms with Crippen molar-refractivity contribution in [2.24, 2.45) is 0 Å². The lowest BCUT2D eigenvalue weighted by molar-refractivity contribution is 0.0553. The molecule has 0 spiro atoms. The number of hydrogen-bond acceptors (Lipinski definition) is 5. The Morgan fingerprint density at radius 3 is 2.09 bits per heavy atom. The average molecular weight is 321 g/mol. The maximum atomic E-state index is 12.1. The molecule has 0 bridgehead atoms. The number of aromatic hydroxyl groups is 1. The summed E-state index contributed by atoms with van der Waals surface area (Å²) in [5.74, 6) is -1.99. The molecule has 0 aliphatic carbocycles. The number of carbonyl (C=O) groups is 2. The first-order valence-corrected chi connectivity index (χ1v) is 6.66. The minimum Gasteiger partial charge on any atom is -0.507 e. The maximum Gasteiger partial charge on any atom is 0.342 e. The van der Waals surface area contributed by atoms with E-state index in [1.807, 2.05) is 0 Å². The normalized spacial score (nSPS) is 10.1. The van der Waals surface area contributed by atoms with Crippen LogP contribution in [0.5, 0.6) is 5.75 Å². The van der Waals surface area contributed by atoms with Crippen LogP contribution in [0, 0.1) is 0 Å². The zero-order valence-electron chi connectivity index (χ0n) is 11.9. The first-order valence-electron chi connectivity index (χ1n) is 6.28. The summed E-state index contributed by atoms with van der Waals surface area (Å²) in [4.78, 5) is 24.0. The van der Waals surface area contributed by atoms with Crippen molar-refractivity contribution in [3.05, 3.63) is 52.5 Å². The lowest BCUT2D eigenvalue weighted by atomic mass is 9.94. The molecule has 0 fully saturated rings. The highest BCUT2D eigenvalue weighted by molar-refractivity contribution is 6.33. The minimum absolute atomic E-state index is 0.0950. The molecule has 1 N–H and O–H groups in total. The van der Waals surface area contributed by atoms with Crippen LogP contribution in [-0.2, 0) is 9.47 Å². The second-order valence-electron chi connectivity index (χ2n) is 4.35. The smallest absolute Gasteiger partial charge is 0.342 e. The van der Waals surface area contributed by atoms with Crippen LogP contribution in [0.25, 0.3) is 11.1 Å². The molecule has 22 heavy (non-hydrogen) atoms. The third-order valence-corrected chi connectivity index (χ3v) is 3.46. The Balaban J connectivity index is 2.83. The third kappa shape index (κ3) is 2.76. The molecule has 0 aliphatic rings. The van der Waals surface area contributed by atoms with Crippen molar-refractivity contribution in [2.45, 2.75) is 0 Å². The van der Waals surface area contributed by atoms with E-state index in [2.05, 4.69) is 4.74 Å². The minimum atomic E-state index is -0.841. The third-order valence-electron chi connectivity index (χ3n) is 3.13. The number of esters is 2. The highest BCUT2D eigenvalue weighted by atomic mass is 35.5. The van der Waals surface area contributed by atoms with Gasteiger partial charge in [-0.1, -0.05) is 29.8 Å². The van der Waals surface area contributed by atoms with Crippen molar-refractivity contribution in [3.63, 3.8) is 0 Å². The van der Waals surface area contributed by atoms with Crippen LogP contribution < -0.4 is 0 Å². The van der Waals surface area contributed by atoms with Crippen molar-refractivity contribution in [1.82, 2.24) is 0 Å². The first kappa shape index (κ1) is 15.9. The molecule has 114 valence electrons. The number of carbonyl (C=O) groups excluding carboxylic acids is 2. The van der Waals surface area contributed by atoms with Gasteiger partial charge < -0.3 is 14.6 Å². The Bertz CT molecular complexity index is 739. The van der Waals surface area contributed by atoms with E-state index in [1.54, 1.807) is 24.3 Å². The molecule has 0 heterocycles. The van der Waals surface area contributed by atoms with Crippen LogP contribution in [0.15, 0.2) is 36.4 Å². The molecule has 0 aromatic heterocycles. The molecule has 6 heteroatoms. The standard InChI is InChI=1S/C16H13ClO5/c1-21-15(19)13-10(9-5-3-4-6-11(9)17)7-8-12(18)14(13)16(20)22-2/h3-8,18H,1-2H3. The number of benzene rings is 2. The van der Waals surface area contributed by atoms with Gasteiger partial charge in [-0.3, -0.25) is 0 Å². The Labute approximate surface area is 132 Å². The van der Waals surface area contributed by atoms with Crippen LogP contribution in [-0.4, -0.2) is 31.3 Å². The van der Waals surface area contributed by atoms with Crippen LogP contribution in [0.4, 0.5) is 0 Å². The van der Waals surface area contributed by atoms with E-state index in [9.17, 15) is 14.7 Å². The van der Waals surface area contributed by atoms with Gasteiger partial charge in [0.2, 0.25) is 0 Å². The zero-order valence-corrected chi connectivity index (χ0v) is 12.7. The summed E-state index contributed by atoms with van der Waals surface area (Å²) in [5, 5.41) is 10.3. The molecule has 0 aliphatic heterocycles. The van der Waals surface area contributed by atoms with E-state index in [0.717, 1.165) is 7.11 Å². The van der Waals surface area contributed by atoms with Crippen LogP contribution in [0.2, 0.25) is 5.02 Å². The predicted molar refractivity (Wildman–Crippen MR) is 81.2 cm³/mol. The summed E-state index contributed by atoms with van der Waals surface area (Å²) in [5.41, 5.74) is 0.555. The molecular formula is C16H13ClO5. The van der Waals surface area contributed by atoms with Crippen LogP contribution in [0.3, 0.4) is 0 Å². The van der Waals surface area contributed by atoms with Crippen LogP contribution in [0.1, 0.15) is 20.7 Å². The number of phenols is 1. The maximum absolute atomic E-state index is 12.1. The molecule has 0 saturated heterocycles. The van der Waals surface area contributed by atoms with Crippen LogP contribution >= 0.6 is 11.6 Å². The summed E-state index contributed by atoms with van der Waals surface area (Å²) in [6, 6.07) is 9.63. The molecule has 0 unspecified atom stereocenters. The molecule has 2 aromatic carbocycles. The summed E-state index contributed by atoms with van der Waals surface area (Å²) in [6.45, 7) is 0. The molecule has 0 atom stereocenters. The zero-order chi connectivity index (χ0) is 16.3. The van der Waals surface area contributed by atoms with Gasteiger partial charge in [0.05, 0.1) is 19.8 Å². The molecule has 5 nitrogen and oxygen atoms in total. The van der Waals surface area contributed by atoms with E-state index >= 15 is 0 Å². The van der Waals surface area contributed by atoms with Crippen molar-refractivity contribution in [1.29, 1.82) is 0 Å². The Hall–Kier alpha value is -2.53. The van der Waals surface area contributed by atoms with E-state index < -0.39 is 11.9 Å². The molecule has 0 saturated carbocycles. The number of rotatable bonds is 3. The van der Waals surface area contributed by atoms with Gasteiger partial charge in [-0.2, -0.15) is 0 Å². The molecule has 0 amide bonds. The largest absolute Gasteiger partial charge is 0.507 e. The second-order valence-corrected chi connectivity index (χ2v) is 4.75. The van der Waals surface area contributed by atoms with E-state index in [-0.39, 0.29) is 16.9 Å². The summed E-state index contributed by atoms with van der Waals surface area (Å²) >= 11 is 6.15. The Morgan fingerprint density at radius 2 is 1.50 bits per heavy atom. The van der Waals surface area contributed by atoms with Gasteiger partial charge in [0.15, 0.2) is 0 Å². The Morgan fingerprint density at radius 1 is 0.909 bits per heavy atom. The number of methoxy groups -OCH3 is 2. The highest BCUT2D eigenvalue weighted by Gasteiger charge is 2.27. The van der Waals surface area contributed by atoms with Gasteiger partial charge in [-0.05, 0) is 23.8 Å². The average Bonchev–Trinajstić information content (AvgIpc) is 2.53. The quantitative estimate of drug-likeness (QED) is 0.879. The fraction of sp³-hybridized carbons (Fsp3) is 0.125. The summed E-state index contributed by atoms with van der Waals surface area (Å²) in [7, 11) is 2.34. The molecule has 0 radical (unpaired) electrons. The van der Waals surface area contributed by atoms with Gasteiger partial charge in [0.1, 0.15) is 11.3 Å². The molecular weight excluding hydrogens is 308 g/mol. The van der Waals surface area contributed by atoms with Crippen molar-refractivity contribution in [3.8, 4) is 16.9 Å². The monoisotopic (exact) mass is 320 g/mol. The van der Waals surface area contributed by atoms with Gasteiger partial charge in [-0.25, -0.2) is 9.59 Å². The van der Waals surface area contributed by atoms with Gasteiger partial charge >= 0.3 is 11.9 Å². The highest BCUT2D eigenvalue weighted by Crippen LogP contribution is 2.36. The first-order chi connectivity index (χ1) is 10.5. The topological polar surface area (TPSA) is 72.8 Å². The molecule has 2 rings (SSSR count). The number of halogens is 1. The van der Waals surface area contributed by atoms with Gasteiger partial charge in [0.25, 0.3) is 0 Å². The van der Waals surface area contributed by atoms with Crippen molar-refractivity contribution in [2.75, 3.05) is 14.2 Å². The second kappa shape index (κ2) is 6.49. The number of phenolic OH excluding ortho intramolecular Hbond substituents is 1. The Kier molecular flexibility index (Phi) is 4.68. The van der Waals surface area contributed by atoms with E-state index in [0.29, 0.717) is 16.1 Å². The number of ether oxygens (including phenoxy) is 2. The van der Waals surface area contributed by atoms with Gasteiger partial charge in [0, 0.05) is 10.6 Å². The molecule has 2 aromatic rings. The fourth-order valence-corrected chi connectivity index (χ4v) is 2.36. The fourth-order valence-electron chi connectivity index (χ4n) is 2.12. The van der Waals surface area contributed by atoms with Gasteiger partial charge in [-0.15, -0.1) is 0 Å². The van der Waals surface area contributed by atoms with Crippen molar-refractivity contribution >= 4 is 23.5 Å². The van der Waals surface area contributed by atoms with E-state index in [1.165, 1.54) is 19.2 Å². The predicted octanol–water partition coefficient (Wildman–Crippen LogP) is 3.29. The van der Waals surface area contributed by atoms with Crippen molar-refractivity contribution < 1.29 is 24.2 Å². The SMILES string of the molecule is COC(=O)c1c(O)ccc(-c2ccccc2Cl)c1C(=O)OC. The summed E-state index contributed by atoms with van der Waals surface area (Å²) in [6.07, 6.45) is 0. The number of hydrogen-bond donors (Lipinski definition) is 1. The lowest BCUT2D eigenvalue weighted by Gasteiger charge is -2.14.